The van der Waals surface area contributed by atoms with Crippen LogP contribution in [-0.4, -0.2) is 12.5 Å². The molecule has 0 bridgehead atoms. The summed E-state index contributed by atoms with van der Waals surface area (Å²) in [6, 6.07) is 10.5. The first kappa shape index (κ1) is 14.0. The van der Waals surface area contributed by atoms with Gasteiger partial charge in [-0.15, -0.1) is 0 Å². The van der Waals surface area contributed by atoms with Gasteiger partial charge in [-0.25, -0.2) is 8.78 Å². The van der Waals surface area contributed by atoms with Crippen LogP contribution in [0, 0.1) is 18.6 Å². The van der Waals surface area contributed by atoms with Crippen molar-refractivity contribution in [1.82, 2.24) is 0 Å². The minimum atomic E-state index is -0.797. The third-order valence-corrected chi connectivity index (χ3v) is 2.79. The van der Waals surface area contributed by atoms with Gasteiger partial charge in [0.2, 0.25) is 5.91 Å². The monoisotopic (exact) mass is 276 g/mol. The molecule has 0 atom stereocenters. The van der Waals surface area contributed by atoms with Crippen LogP contribution in [0.1, 0.15) is 5.56 Å². The van der Waals surface area contributed by atoms with Gasteiger partial charge in [-0.1, -0.05) is 18.2 Å². The number of rotatable bonds is 4. The number of anilines is 2. The number of amides is 1. The van der Waals surface area contributed by atoms with Crippen LogP contribution in [0.2, 0.25) is 0 Å². The number of aryl methyl sites for hydroxylation is 1. The van der Waals surface area contributed by atoms with Crippen LogP contribution in [0.3, 0.4) is 0 Å². The van der Waals surface area contributed by atoms with E-state index in [2.05, 4.69) is 10.6 Å². The van der Waals surface area contributed by atoms with Gasteiger partial charge in [0.25, 0.3) is 0 Å². The largest absolute Gasteiger partial charge is 0.376 e. The second-order valence-corrected chi connectivity index (χ2v) is 4.34. The van der Waals surface area contributed by atoms with Crippen molar-refractivity contribution in [3.8, 4) is 0 Å². The molecule has 1 amide bonds. The van der Waals surface area contributed by atoms with Gasteiger partial charge in [0.15, 0.2) is 0 Å². The molecule has 0 aliphatic carbocycles. The Bertz CT molecular complexity index is 629. The van der Waals surface area contributed by atoms with Crippen LogP contribution in [0.25, 0.3) is 0 Å². The molecule has 20 heavy (non-hydrogen) atoms. The molecule has 2 rings (SSSR count). The molecule has 3 nitrogen and oxygen atoms in total. The highest BCUT2D eigenvalue weighted by atomic mass is 19.1. The van der Waals surface area contributed by atoms with Crippen LogP contribution >= 0.6 is 0 Å². The Labute approximate surface area is 115 Å². The fourth-order valence-corrected chi connectivity index (χ4v) is 1.73. The molecule has 2 aromatic rings. The normalized spacial score (nSPS) is 10.2. The van der Waals surface area contributed by atoms with Crippen LogP contribution in [0.5, 0.6) is 0 Å². The Kier molecular flexibility index (Phi) is 4.30. The van der Waals surface area contributed by atoms with Gasteiger partial charge in [-0.05, 0) is 30.7 Å². The van der Waals surface area contributed by atoms with Crippen molar-refractivity contribution in [3.63, 3.8) is 0 Å². The summed E-state index contributed by atoms with van der Waals surface area (Å²) in [4.78, 5) is 11.7. The quantitative estimate of drug-likeness (QED) is 0.899. The molecule has 0 fully saturated rings. The van der Waals surface area contributed by atoms with E-state index in [9.17, 15) is 13.6 Å². The Balaban J connectivity index is 1.94. The number of carbonyl (C=O) groups is 1. The van der Waals surface area contributed by atoms with Gasteiger partial charge in [0, 0.05) is 11.8 Å². The summed E-state index contributed by atoms with van der Waals surface area (Å²) in [6.45, 7) is 1.92. The lowest BCUT2D eigenvalue weighted by atomic mass is 10.2. The fourth-order valence-electron chi connectivity index (χ4n) is 1.73. The Morgan fingerprint density at radius 2 is 1.85 bits per heavy atom. The molecule has 2 N–H and O–H groups in total. The second-order valence-electron chi connectivity index (χ2n) is 4.34. The van der Waals surface area contributed by atoms with Gasteiger partial charge in [-0.2, -0.15) is 0 Å². The molecule has 0 unspecified atom stereocenters. The highest BCUT2D eigenvalue weighted by molar-refractivity contribution is 5.93. The molecular weight excluding hydrogens is 262 g/mol. The topological polar surface area (TPSA) is 41.1 Å². The number of carbonyl (C=O) groups excluding carboxylic acids is 1. The summed E-state index contributed by atoms with van der Waals surface area (Å²) in [7, 11) is 0. The smallest absolute Gasteiger partial charge is 0.243 e. The van der Waals surface area contributed by atoms with Gasteiger partial charge >= 0.3 is 0 Å². The number of hydrogen-bond acceptors (Lipinski definition) is 2. The highest BCUT2D eigenvalue weighted by Crippen LogP contribution is 2.15. The number of hydrogen-bond donors (Lipinski definition) is 2. The molecule has 2 aromatic carbocycles. The molecule has 5 heteroatoms. The number of halogens is 2. The molecule has 0 aliphatic heterocycles. The molecule has 0 aromatic heterocycles. The van der Waals surface area contributed by atoms with E-state index in [1.165, 1.54) is 6.07 Å². The minimum Gasteiger partial charge on any atom is -0.376 e. The first-order chi connectivity index (χ1) is 9.56. The van der Waals surface area contributed by atoms with Gasteiger partial charge in [0.1, 0.15) is 11.6 Å². The van der Waals surface area contributed by atoms with Crippen molar-refractivity contribution >= 4 is 17.3 Å². The van der Waals surface area contributed by atoms with Gasteiger partial charge in [-0.3, -0.25) is 4.79 Å². The first-order valence-electron chi connectivity index (χ1n) is 6.10. The van der Waals surface area contributed by atoms with Crippen LogP contribution in [0.15, 0.2) is 42.5 Å². The van der Waals surface area contributed by atoms with Crippen LogP contribution in [-0.2, 0) is 4.79 Å². The van der Waals surface area contributed by atoms with E-state index >= 15 is 0 Å². The predicted octanol–water partition coefficient (Wildman–Crippen LogP) is 3.32. The molecule has 104 valence electrons. The Morgan fingerprint density at radius 1 is 1.10 bits per heavy atom. The lowest BCUT2D eigenvalue weighted by Crippen LogP contribution is -2.22. The van der Waals surface area contributed by atoms with E-state index in [1.807, 2.05) is 31.2 Å². The van der Waals surface area contributed by atoms with E-state index in [0.717, 1.165) is 23.4 Å². The summed E-state index contributed by atoms with van der Waals surface area (Å²) < 4.78 is 26.1. The predicted molar refractivity (Wildman–Crippen MR) is 74.7 cm³/mol. The van der Waals surface area contributed by atoms with E-state index in [-0.39, 0.29) is 12.2 Å². The summed E-state index contributed by atoms with van der Waals surface area (Å²) in [5.74, 6) is -1.88. The fraction of sp³-hybridized carbons (Fsp3) is 0.133. The van der Waals surface area contributed by atoms with Crippen molar-refractivity contribution in [2.75, 3.05) is 17.2 Å². The zero-order valence-corrected chi connectivity index (χ0v) is 10.9. The van der Waals surface area contributed by atoms with Crippen LogP contribution < -0.4 is 10.6 Å². The zero-order chi connectivity index (χ0) is 14.5. The molecule has 0 radical (unpaired) electrons. The van der Waals surface area contributed by atoms with Crippen molar-refractivity contribution in [3.05, 3.63) is 59.7 Å². The van der Waals surface area contributed by atoms with E-state index in [1.54, 1.807) is 0 Å². The van der Waals surface area contributed by atoms with Gasteiger partial charge < -0.3 is 10.6 Å². The maximum absolute atomic E-state index is 13.4. The number of para-hydroxylation sites is 1. The first-order valence-corrected chi connectivity index (χ1v) is 6.10. The average molecular weight is 276 g/mol. The molecule has 0 spiro atoms. The maximum atomic E-state index is 13.4. The second kappa shape index (κ2) is 6.14. The van der Waals surface area contributed by atoms with Crippen LogP contribution in [0.4, 0.5) is 20.2 Å². The molecule has 0 saturated carbocycles. The molecule has 0 saturated heterocycles. The molecular formula is C15H14F2N2O. The van der Waals surface area contributed by atoms with E-state index < -0.39 is 17.5 Å². The zero-order valence-electron chi connectivity index (χ0n) is 10.9. The minimum absolute atomic E-state index is 0.00166. The van der Waals surface area contributed by atoms with E-state index in [0.29, 0.717) is 0 Å². The van der Waals surface area contributed by atoms with Crippen molar-refractivity contribution in [1.29, 1.82) is 0 Å². The summed E-state index contributed by atoms with van der Waals surface area (Å²) >= 11 is 0. The SMILES string of the molecule is Cc1ccccc1NCC(=O)Nc1ccc(F)cc1F. The molecule has 0 heterocycles. The average Bonchev–Trinajstić information content (AvgIpc) is 2.41. The van der Waals surface area contributed by atoms with Crippen molar-refractivity contribution in [2.45, 2.75) is 6.92 Å². The molecule has 0 aliphatic rings. The maximum Gasteiger partial charge on any atom is 0.243 e. The van der Waals surface area contributed by atoms with Crippen molar-refractivity contribution < 1.29 is 13.6 Å². The summed E-state index contributed by atoms with van der Waals surface area (Å²) in [6.07, 6.45) is 0. The van der Waals surface area contributed by atoms with Gasteiger partial charge in [0.05, 0.1) is 12.2 Å². The summed E-state index contributed by atoms with van der Waals surface area (Å²) in [5.41, 5.74) is 1.80. The lowest BCUT2D eigenvalue weighted by Gasteiger charge is -2.10. The highest BCUT2D eigenvalue weighted by Gasteiger charge is 2.08. The third kappa shape index (κ3) is 3.54. The number of nitrogens with one attached hydrogen (secondary N) is 2. The number of benzene rings is 2. The summed E-state index contributed by atoms with van der Waals surface area (Å²) in [5, 5.41) is 5.34. The standard InChI is InChI=1S/C15H14F2N2O/c1-10-4-2-3-5-13(10)18-9-15(20)19-14-7-6-11(16)8-12(14)17/h2-8,18H,9H2,1H3,(H,19,20). The van der Waals surface area contributed by atoms with Crippen molar-refractivity contribution in [2.24, 2.45) is 0 Å². The lowest BCUT2D eigenvalue weighted by molar-refractivity contribution is -0.114. The Hall–Kier alpha value is -2.43. The third-order valence-electron chi connectivity index (χ3n) is 2.79. The Morgan fingerprint density at radius 3 is 2.55 bits per heavy atom. The van der Waals surface area contributed by atoms with E-state index in [4.69, 9.17) is 0 Å².